The molecule has 0 aliphatic heterocycles. The summed E-state index contributed by atoms with van der Waals surface area (Å²) in [5, 5.41) is 2.58. The van der Waals surface area contributed by atoms with E-state index < -0.39 is 18.1 Å². The molecule has 6 heteroatoms. The van der Waals surface area contributed by atoms with E-state index in [1.165, 1.54) is 0 Å². The van der Waals surface area contributed by atoms with E-state index in [-0.39, 0.29) is 0 Å². The number of likely N-dealkylation sites (N-methyl/N-ethyl adjacent to an activating group) is 1. The second kappa shape index (κ2) is 6.24. The van der Waals surface area contributed by atoms with Crippen molar-refractivity contribution in [1.82, 2.24) is 5.32 Å². The summed E-state index contributed by atoms with van der Waals surface area (Å²) in [5.74, 6) is -0.395. The van der Waals surface area contributed by atoms with Crippen LogP contribution in [0.25, 0.3) is 0 Å². The molecule has 2 amide bonds. The molecular weight excluding hydrogens is 288 g/mol. The van der Waals surface area contributed by atoms with Gasteiger partial charge in [0.1, 0.15) is 0 Å². The number of halogens is 1. The Balaban J connectivity index is 2.92. The first kappa shape index (κ1) is 13.5. The number of benzene rings is 1. The van der Waals surface area contributed by atoms with Gasteiger partial charge in [-0.15, -0.1) is 0 Å². The molecule has 1 atom stereocenters. The van der Waals surface area contributed by atoms with E-state index >= 15 is 0 Å². The van der Waals surface area contributed by atoms with Crippen molar-refractivity contribution in [3.8, 4) is 0 Å². The first-order valence-electron chi connectivity index (χ1n) is 5.04. The number of nitrogens with one attached hydrogen (secondary N) is 1. The molecule has 0 saturated carbocycles. The number of carbonyl (C=O) groups is 2. The Morgan fingerprint density at radius 1 is 1.41 bits per heavy atom. The third kappa shape index (κ3) is 4.07. The van der Waals surface area contributed by atoms with E-state index in [1.807, 2.05) is 0 Å². The third-order valence-corrected chi connectivity index (χ3v) is 2.52. The average Bonchev–Trinajstić information content (AvgIpc) is 2.27. The third-order valence-electron chi connectivity index (χ3n) is 2.00. The fourth-order valence-corrected chi connectivity index (χ4v) is 1.56. The normalized spacial score (nSPS) is 11.6. The highest BCUT2D eigenvalue weighted by Crippen LogP contribution is 2.20. The van der Waals surface area contributed by atoms with Gasteiger partial charge in [0.2, 0.25) is 6.10 Å². The number of primary amides is 1. The van der Waals surface area contributed by atoms with Crippen LogP contribution in [-0.2, 0) is 9.53 Å². The van der Waals surface area contributed by atoms with Gasteiger partial charge >= 0.3 is 6.09 Å². The number of rotatable bonds is 4. The van der Waals surface area contributed by atoms with Crippen LogP contribution in [0.4, 0.5) is 4.79 Å². The quantitative estimate of drug-likeness (QED) is 0.888. The van der Waals surface area contributed by atoms with Crippen LogP contribution in [-0.4, -0.2) is 18.5 Å². The van der Waals surface area contributed by atoms with Gasteiger partial charge in [0.05, 0.1) is 0 Å². The van der Waals surface area contributed by atoms with Crippen molar-refractivity contribution in [3.63, 3.8) is 0 Å². The van der Waals surface area contributed by atoms with Crippen molar-refractivity contribution >= 4 is 27.9 Å². The predicted molar refractivity (Wildman–Crippen MR) is 66.2 cm³/mol. The van der Waals surface area contributed by atoms with Gasteiger partial charge in [-0.3, -0.25) is 4.79 Å². The highest BCUT2D eigenvalue weighted by atomic mass is 79.9. The van der Waals surface area contributed by atoms with Crippen LogP contribution in [0.3, 0.4) is 0 Å². The fourth-order valence-electron chi connectivity index (χ4n) is 1.29. The van der Waals surface area contributed by atoms with E-state index in [4.69, 9.17) is 10.5 Å². The second-order valence-corrected chi connectivity index (χ2v) is 4.18. The van der Waals surface area contributed by atoms with Crippen LogP contribution in [0.1, 0.15) is 18.6 Å². The SMILES string of the molecule is CCNC(=O)C(OC(N)=O)c1ccc(Br)cc1. The van der Waals surface area contributed by atoms with Crippen molar-refractivity contribution in [1.29, 1.82) is 0 Å². The lowest BCUT2D eigenvalue weighted by molar-refractivity contribution is -0.129. The minimum Gasteiger partial charge on any atom is -0.431 e. The maximum Gasteiger partial charge on any atom is 0.405 e. The standard InChI is InChI=1S/C11H13BrN2O3/c1-2-14-10(15)9(17-11(13)16)7-3-5-8(12)6-4-7/h3-6,9H,2H2,1H3,(H2,13,16)(H,14,15). The maximum atomic E-state index is 11.7. The molecule has 0 heterocycles. The number of hydrogen-bond donors (Lipinski definition) is 2. The molecule has 1 rings (SSSR count). The minimum atomic E-state index is -1.01. The molecule has 0 aromatic heterocycles. The van der Waals surface area contributed by atoms with Crippen molar-refractivity contribution in [3.05, 3.63) is 34.3 Å². The number of hydrogen-bond acceptors (Lipinski definition) is 3. The average molecular weight is 301 g/mol. The Morgan fingerprint density at radius 2 is 2.00 bits per heavy atom. The summed E-state index contributed by atoms with van der Waals surface area (Å²) in [6.45, 7) is 2.23. The van der Waals surface area contributed by atoms with E-state index in [0.717, 1.165) is 4.47 Å². The van der Waals surface area contributed by atoms with E-state index in [0.29, 0.717) is 12.1 Å². The Hall–Kier alpha value is -1.56. The lowest BCUT2D eigenvalue weighted by Crippen LogP contribution is -2.33. The van der Waals surface area contributed by atoms with Gasteiger partial charge in [0, 0.05) is 16.6 Å². The Labute approximate surface area is 107 Å². The summed E-state index contributed by atoms with van der Waals surface area (Å²) in [4.78, 5) is 22.5. The van der Waals surface area contributed by atoms with E-state index in [2.05, 4.69) is 21.2 Å². The smallest absolute Gasteiger partial charge is 0.405 e. The molecule has 92 valence electrons. The molecule has 3 N–H and O–H groups in total. The molecule has 0 spiro atoms. The van der Waals surface area contributed by atoms with Gasteiger partial charge in [0.25, 0.3) is 5.91 Å². The summed E-state index contributed by atoms with van der Waals surface area (Å²) in [6, 6.07) is 6.89. The zero-order valence-corrected chi connectivity index (χ0v) is 10.9. The van der Waals surface area contributed by atoms with Crippen LogP contribution in [0.2, 0.25) is 0 Å². The number of amides is 2. The fraction of sp³-hybridized carbons (Fsp3) is 0.273. The molecule has 5 nitrogen and oxygen atoms in total. The van der Waals surface area contributed by atoms with Gasteiger partial charge in [-0.1, -0.05) is 28.1 Å². The molecule has 0 bridgehead atoms. The number of ether oxygens (including phenoxy) is 1. The second-order valence-electron chi connectivity index (χ2n) is 3.26. The molecule has 17 heavy (non-hydrogen) atoms. The summed E-state index contributed by atoms with van der Waals surface area (Å²) >= 11 is 3.28. The first-order chi connectivity index (χ1) is 8.04. The summed E-state index contributed by atoms with van der Waals surface area (Å²) in [7, 11) is 0. The highest BCUT2D eigenvalue weighted by Gasteiger charge is 2.23. The molecular formula is C11H13BrN2O3. The van der Waals surface area contributed by atoms with Crippen LogP contribution >= 0.6 is 15.9 Å². The summed E-state index contributed by atoms with van der Waals surface area (Å²) in [6.07, 6.45) is -2.00. The molecule has 1 aromatic rings. The van der Waals surface area contributed by atoms with Gasteiger partial charge in [-0.05, 0) is 19.1 Å². The largest absolute Gasteiger partial charge is 0.431 e. The van der Waals surface area contributed by atoms with Gasteiger partial charge in [-0.2, -0.15) is 0 Å². The van der Waals surface area contributed by atoms with Crippen LogP contribution in [0.15, 0.2) is 28.7 Å². The number of carbonyl (C=O) groups excluding carboxylic acids is 2. The lowest BCUT2D eigenvalue weighted by atomic mass is 10.1. The zero-order valence-electron chi connectivity index (χ0n) is 9.27. The summed E-state index contributed by atoms with van der Waals surface area (Å²) < 4.78 is 5.67. The molecule has 1 unspecified atom stereocenters. The predicted octanol–water partition coefficient (Wildman–Crippen LogP) is 1.72. The molecule has 1 aromatic carbocycles. The zero-order chi connectivity index (χ0) is 12.8. The van der Waals surface area contributed by atoms with E-state index in [9.17, 15) is 9.59 Å². The Morgan fingerprint density at radius 3 is 2.47 bits per heavy atom. The Bertz CT molecular complexity index is 406. The highest BCUT2D eigenvalue weighted by molar-refractivity contribution is 9.10. The first-order valence-corrected chi connectivity index (χ1v) is 5.83. The molecule has 0 aliphatic carbocycles. The lowest BCUT2D eigenvalue weighted by Gasteiger charge is -2.16. The maximum absolute atomic E-state index is 11.7. The molecule has 0 fully saturated rings. The van der Waals surface area contributed by atoms with Crippen LogP contribution in [0, 0.1) is 0 Å². The number of nitrogens with two attached hydrogens (primary N) is 1. The van der Waals surface area contributed by atoms with E-state index in [1.54, 1.807) is 31.2 Å². The topological polar surface area (TPSA) is 81.4 Å². The Kier molecular flexibility index (Phi) is 4.96. The van der Waals surface area contributed by atoms with Crippen molar-refractivity contribution < 1.29 is 14.3 Å². The molecule has 0 aliphatic rings. The monoisotopic (exact) mass is 300 g/mol. The van der Waals surface area contributed by atoms with Crippen molar-refractivity contribution in [2.75, 3.05) is 6.54 Å². The summed E-state index contributed by atoms with van der Waals surface area (Å²) in [5.41, 5.74) is 5.51. The molecule has 0 saturated heterocycles. The van der Waals surface area contributed by atoms with Crippen LogP contribution < -0.4 is 11.1 Å². The van der Waals surface area contributed by atoms with Crippen LogP contribution in [0.5, 0.6) is 0 Å². The van der Waals surface area contributed by atoms with Crippen molar-refractivity contribution in [2.45, 2.75) is 13.0 Å². The van der Waals surface area contributed by atoms with Gasteiger partial charge in [0.15, 0.2) is 0 Å². The van der Waals surface area contributed by atoms with Gasteiger partial charge in [-0.25, -0.2) is 4.79 Å². The van der Waals surface area contributed by atoms with Gasteiger partial charge < -0.3 is 15.8 Å². The van der Waals surface area contributed by atoms with Crippen molar-refractivity contribution in [2.24, 2.45) is 5.73 Å². The minimum absolute atomic E-state index is 0.395. The molecule has 0 radical (unpaired) electrons.